The maximum Gasteiger partial charge on any atom is 0.239 e. The number of hydrogen-bond donors (Lipinski definition) is 3. The number of likely N-dealkylation sites (tertiary alicyclic amines) is 1. The molecule has 1 heterocycles. The van der Waals surface area contributed by atoms with E-state index in [1.54, 1.807) is 6.92 Å². The van der Waals surface area contributed by atoms with E-state index in [0.29, 0.717) is 65.9 Å². The number of hydrogen-bond acceptors (Lipinski definition) is 10. The van der Waals surface area contributed by atoms with Gasteiger partial charge in [0.05, 0.1) is 84.8 Å². The minimum absolute atomic E-state index is 0.00586. The maximum absolute atomic E-state index is 12.2. The van der Waals surface area contributed by atoms with Gasteiger partial charge in [0, 0.05) is 19.0 Å². The smallest absolute Gasteiger partial charge is 0.239 e. The van der Waals surface area contributed by atoms with Crippen molar-refractivity contribution in [3.05, 3.63) is 0 Å². The number of carbonyl (C=O) groups excluding carboxylic acids is 3. The largest absolute Gasteiger partial charge is 0.394 e. The van der Waals surface area contributed by atoms with Crippen molar-refractivity contribution in [1.29, 1.82) is 0 Å². The summed E-state index contributed by atoms with van der Waals surface area (Å²) in [5.41, 5.74) is 5.66. The molecular formula is C24H47N3O9. The first-order valence-electron chi connectivity index (χ1n) is 12.7. The van der Waals surface area contributed by atoms with Crippen LogP contribution >= 0.6 is 0 Å². The highest BCUT2D eigenvalue weighted by molar-refractivity contribution is 5.90. The standard InChI is InChI=1S/C22H41N3O9.C2H6/c1-17(23)22(29)25-16-19(15-20(25)18(2)27)24-21(28)3-5-30-7-9-32-11-13-34-14-12-33-10-8-31-6-4-26;1-2/h17,19-20,26H,3-16,23H2,1-2H3,(H,24,28);1-2H3. The van der Waals surface area contributed by atoms with E-state index in [0.717, 1.165) is 0 Å². The zero-order valence-electron chi connectivity index (χ0n) is 22.4. The molecule has 12 heteroatoms. The topological polar surface area (TPSA) is 159 Å². The van der Waals surface area contributed by atoms with Gasteiger partial charge in [-0.1, -0.05) is 13.8 Å². The van der Waals surface area contributed by atoms with Crippen molar-refractivity contribution in [3.63, 3.8) is 0 Å². The SMILES string of the molecule is CC.CC(=O)C1CC(NC(=O)CCOCCOCCOCCOCCOCCO)CN1C(=O)C(C)N. The molecule has 1 rings (SSSR count). The van der Waals surface area contributed by atoms with Gasteiger partial charge in [-0.15, -0.1) is 0 Å². The summed E-state index contributed by atoms with van der Waals surface area (Å²) >= 11 is 0. The number of aliphatic hydroxyl groups is 1. The number of ether oxygens (including phenoxy) is 5. The third-order valence-corrected chi connectivity index (χ3v) is 5.01. The molecule has 0 bridgehead atoms. The Morgan fingerprint density at radius 3 is 1.75 bits per heavy atom. The Kier molecular flexibility index (Phi) is 21.5. The molecule has 0 spiro atoms. The molecule has 1 aliphatic rings. The third-order valence-electron chi connectivity index (χ3n) is 5.01. The lowest BCUT2D eigenvalue weighted by Gasteiger charge is -2.24. The van der Waals surface area contributed by atoms with Crippen molar-refractivity contribution in [2.45, 2.75) is 58.7 Å². The molecule has 0 aliphatic carbocycles. The summed E-state index contributed by atoms with van der Waals surface area (Å²) in [6.07, 6.45) is 0.568. The highest BCUT2D eigenvalue weighted by Crippen LogP contribution is 2.19. The van der Waals surface area contributed by atoms with Crippen LogP contribution in [0.1, 0.15) is 40.5 Å². The van der Waals surface area contributed by atoms with E-state index in [-0.39, 0.29) is 49.8 Å². The summed E-state index contributed by atoms with van der Waals surface area (Å²) in [6.45, 7) is 11.3. The number of ketones is 1. The Hall–Kier alpha value is -1.67. The van der Waals surface area contributed by atoms with Gasteiger partial charge in [-0.25, -0.2) is 0 Å². The van der Waals surface area contributed by atoms with Crippen LogP contribution in [0.2, 0.25) is 0 Å². The molecule has 0 saturated carbocycles. The van der Waals surface area contributed by atoms with E-state index in [4.69, 9.17) is 34.5 Å². The van der Waals surface area contributed by atoms with Gasteiger partial charge in [0.2, 0.25) is 11.8 Å². The minimum atomic E-state index is -0.693. The van der Waals surface area contributed by atoms with Crippen molar-refractivity contribution in [2.75, 3.05) is 79.2 Å². The van der Waals surface area contributed by atoms with Gasteiger partial charge in [-0.05, 0) is 20.3 Å². The van der Waals surface area contributed by atoms with Crippen LogP contribution in [-0.2, 0) is 38.1 Å². The number of nitrogens with zero attached hydrogens (tertiary/aromatic N) is 1. The van der Waals surface area contributed by atoms with Gasteiger partial charge in [-0.2, -0.15) is 0 Å². The zero-order chi connectivity index (χ0) is 27.2. The first kappa shape index (κ1) is 34.3. The van der Waals surface area contributed by atoms with E-state index in [9.17, 15) is 14.4 Å². The average molecular weight is 522 g/mol. The average Bonchev–Trinajstić information content (AvgIpc) is 3.28. The van der Waals surface area contributed by atoms with Crippen LogP contribution in [0.3, 0.4) is 0 Å². The molecule has 1 fully saturated rings. The molecule has 1 aliphatic heterocycles. The molecule has 0 aromatic heterocycles. The summed E-state index contributed by atoms with van der Waals surface area (Å²) in [5.74, 6) is -0.605. The Labute approximate surface area is 215 Å². The van der Waals surface area contributed by atoms with Crippen molar-refractivity contribution < 1.29 is 43.2 Å². The molecule has 12 nitrogen and oxygen atoms in total. The molecule has 2 amide bonds. The number of rotatable bonds is 20. The summed E-state index contributed by atoms with van der Waals surface area (Å²) in [7, 11) is 0. The van der Waals surface area contributed by atoms with Gasteiger partial charge in [0.25, 0.3) is 0 Å². The second kappa shape index (κ2) is 22.5. The van der Waals surface area contributed by atoms with Crippen LogP contribution in [0.25, 0.3) is 0 Å². The van der Waals surface area contributed by atoms with E-state index in [1.807, 2.05) is 13.8 Å². The van der Waals surface area contributed by atoms with Crippen LogP contribution in [0, 0.1) is 0 Å². The number of carbonyl (C=O) groups is 3. The van der Waals surface area contributed by atoms with Crippen LogP contribution in [0.4, 0.5) is 0 Å². The highest BCUT2D eigenvalue weighted by atomic mass is 16.6. The quantitative estimate of drug-likeness (QED) is 0.178. The summed E-state index contributed by atoms with van der Waals surface area (Å²) in [4.78, 5) is 37.7. The zero-order valence-corrected chi connectivity index (χ0v) is 22.4. The monoisotopic (exact) mass is 521 g/mol. The second-order valence-electron chi connectivity index (χ2n) is 7.94. The summed E-state index contributed by atoms with van der Waals surface area (Å²) < 4.78 is 26.5. The Morgan fingerprint density at radius 2 is 1.33 bits per heavy atom. The fourth-order valence-corrected chi connectivity index (χ4v) is 3.34. The Morgan fingerprint density at radius 1 is 0.889 bits per heavy atom. The predicted molar refractivity (Wildman–Crippen MR) is 134 cm³/mol. The number of nitrogens with two attached hydrogens (primary N) is 1. The van der Waals surface area contributed by atoms with E-state index in [2.05, 4.69) is 5.32 Å². The fraction of sp³-hybridized carbons (Fsp3) is 0.875. The lowest BCUT2D eigenvalue weighted by molar-refractivity contribution is -0.137. The summed E-state index contributed by atoms with van der Waals surface area (Å²) in [6, 6.07) is -1.52. The van der Waals surface area contributed by atoms with Crippen LogP contribution in [0.15, 0.2) is 0 Å². The molecule has 0 aromatic carbocycles. The molecule has 0 radical (unpaired) electrons. The van der Waals surface area contributed by atoms with Crippen molar-refractivity contribution >= 4 is 17.6 Å². The van der Waals surface area contributed by atoms with E-state index in [1.165, 1.54) is 11.8 Å². The van der Waals surface area contributed by atoms with Crippen molar-refractivity contribution in [3.8, 4) is 0 Å². The van der Waals surface area contributed by atoms with Gasteiger partial charge in [0.15, 0.2) is 5.78 Å². The first-order valence-corrected chi connectivity index (χ1v) is 12.7. The molecule has 4 N–H and O–H groups in total. The van der Waals surface area contributed by atoms with Gasteiger partial charge in [-0.3, -0.25) is 14.4 Å². The van der Waals surface area contributed by atoms with Gasteiger partial charge >= 0.3 is 0 Å². The predicted octanol–water partition coefficient (Wildman–Crippen LogP) is -0.500. The van der Waals surface area contributed by atoms with Crippen LogP contribution < -0.4 is 11.1 Å². The lowest BCUT2D eigenvalue weighted by atomic mass is 10.1. The molecular weight excluding hydrogens is 474 g/mol. The van der Waals surface area contributed by atoms with Gasteiger partial charge in [0.1, 0.15) is 0 Å². The second-order valence-corrected chi connectivity index (χ2v) is 7.94. The normalized spacial score (nSPS) is 17.9. The highest BCUT2D eigenvalue weighted by Gasteiger charge is 2.39. The van der Waals surface area contributed by atoms with Crippen LogP contribution in [-0.4, -0.2) is 125 Å². The molecule has 3 atom stereocenters. The molecule has 212 valence electrons. The van der Waals surface area contributed by atoms with Crippen molar-refractivity contribution in [2.24, 2.45) is 5.73 Å². The third kappa shape index (κ3) is 16.1. The summed E-state index contributed by atoms with van der Waals surface area (Å²) in [5, 5.41) is 11.4. The molecule has 3 unspecified atom stereocenters. The maximum atomic E-state index is 12.2. The minimum Gasteiger partial charge on any atom is -0.394 e. The number of amides is 2. The first-order chi connectivity index (χ1) is 17.4. The van der Waals surface area contributed by atoms with E-state index >= 15 is 0 Å². The number of aliphatic hydroxyl groups excluding tert-OH is 1. The Balaban J connectivity index is 0.00000596. The molecule has 36 heavy (non-hydrogen) atoms. The van der Waals surface area contributed by atoms with Gasteiger partial charge < -0.3 is 44.7 Å². The number of nitrogens with one attached hydrogen (secondary N) is 1. The molecule has 0 aromatic rings. The Bertz CT molecular complexity index is 593. The van der Waals surface area contributed by atoms with E-state index < -0.39 is 12.1 Å². The van der Waals surface area contributed by atoms with Crippen molar-refractivity contribution in [1.82, 2.24) is 10.2 Å². The number of Topliss-reactive ketones (excluding diaryl/α,β-unsaturated/α-hetero) is 1. The van der Waals surface area contributed by atoms with Crippen LogP contribution in [0.5, 0.6) is 0 Å². The lowest BCUT2D eigenvalue weighted by Crippen LogP contribution is -2.47. The fourth-order valence-electron chi connectivity index (χ4n) is 3.34. The molecule has 1 saturated heterocycles.